The van der Waals surface area contributed by atoms with Crippen molar-refractivity contribution >= 4 is 37.8 Å². The van der Waals surface area contributed by atoms with Crippen LogP contribution in [0, 0.1) is 12.7 Å². The minimum absolute atomic E-state index is 0.0927. The first-order valence-electron chi connectivity index (χ1n) is 10.7. The highest BCUT2D eigenvalue weighted by molar-refractivity contribution is 7.92. The summed E-state index contributed by atoms with van der Waals surface area (Å²) >= 11 is 0. The van der Waals surface area contributed by atoms with Crippen molar-refractivity contribution in [2.24, 2.45) is 4.36 Å². The van der Waals surface area contributed by atoms with Crippen LogP contribution in [-0.4, -0.2) is 69.0 Å². The van der Waals surface area contributed by atoms with E-state index in [4.69, 9.17) is 9.84 Å². The molecule has 0 spiro atoms. The Morgan fingerprint density at radius 1 is 1.30 bits per heavy atom. The van der Waals surface area contributed by atoms with Crippen LogP contribution < -0.4 is 10.1 Å². The van der Waals surface area contributed by atoms with Crippen molar-refractivity contribution in [3.05, 3.63) is 48.0 Å². The quantitative estimate of drug-likeness (QED) is 0.541. The summed E-state index contributed by atoms with van der Waals surface area (Å²) in [5.41, 5.74) is 2.72. The van der Waals surface area contributed by atoms with Gasteiger partial charge in [0, 0.05) is 53.3 Å². The van der Waals surface area contributed by atoms with Crippen molar-refractivity contribution in [1.82, 2.24) is 14.9 Å². The fourth-order valence-electron chi connectivity index (χ4n) is 4.02. The van der Waals surface area contributed by atoms with E-state index in [9.17, 15) is 8.60 Å². The molecule has 0 radical (unpaired) electrons. The van der Waals surface area contributed by atoms with Gasteiger partial charge < -0.3 is 15.2 Å². The van der Waals surface area contributed by atoms with E-state index >= 15 is 0 Å². The highest BCUT2D eigenvalue weighted by Crippen LogP contribution is 2.34. The number of aromatic nitrogens is 2. The number of nitrogens with one attached hydrogen (secondary N) is 1. The molecule has 0 unspecified atom stereocenters. The molecule has 1 saturated heterocycles. The van der Waals surface area contributed by atoms with Crippen LogP contribution >= 0.6 is 0 Å². The minimum atomic E-state index is -2.30. The molecule has 1 fully saturated rings. The largest absolute Gasteiger partial charge is 0.487 e. The number of rotatable bonds is 7. The Labute approximate surface area is 193 Å². The third-order valence-corrected chi connectivity index (χ3v) is 6.03. The number of anilines is 2. The zero-order chi connectivity index (χ0) is 23.6. The molecule has 2 aromatic carbocycles. The van der Waals surface area contributed by atoms with Gasteiger partial charge in [0.05, 0.1) is 23.5 Å². The van der Waals surface area contributed by atoms with Gasteiger partial charge in [-0.1, -0.05) is 0 Å². The molecule has 1 atom stereocenters. The SMILES string of the molecule is Cc1cc(N=S(C)(C)=O)cc2ncnc(Nc3ccc(F)cc3O[C@@H]3CCN(CCO)C3)c12. The Morgan fingerprint density at radius 2 is 2.12 bits per heavy atom. The van der Waals surface area contributed by atoms with Gasteiger partial charge >= 0.3 is 0 Å². The number of hydrogen-bond acceptors (Lipinski definition) is 8. The predicted octanol–water partition coefficient (Wildman–Crippen LogP) is 3.63. The van der Waals surface area contributed by atoms with E-state index < -0.39 is 15.5 Å². The second-order valence-corrected chi connectivity index (χ2v) is 11.0. The van der Waals surface area contributed by atoms with Gasteiger partial charge in [0.25, 0.3) is 0 Å². The van der Waals surface area contributed by atoms with Crippen molar-refractivity contribution in [1.29, 1.82) is 0 Å². The van der Waals surface area contributed by atoms with Gasteiger partial charge in [0.15, 0.2) is 0 Å². The number of aryl methyl sites for hydroxylation is 1. The zero-order valence-corrected chi connectivity index (χ0v) is 19.7. The first-order chi connectivity index (χ1) is 15.7. The standard InChI is InChI=1S/C23H28FN5O3S/c1-15-10-17(28-33(2,3)31)12-20-22(15)23(26-14-25-20)27-19-5-4-16(24)11-21(19)32-18-6-7-29(13-18)8-9-30/h4-5,10-12,14,18,30H,6-9,13H2,1-3H3,(H,25,26,27)/t18-/m1/s1. The molecule has 8 nitrogen and oxygen atoms in total. The Kier molecular flexibility index (Phi) is 6.78. The van der Waals surface area contributed by atoms with Crippen molar-refractivity contribution in [2.45, 2.75) is 19.4 Å². The summed E-state index contributed by atoms with van der Waals surface area (Å²) in [7, 11) is -2.30. The van der Waals surface area contributed by atoms with E-state index in [2.05, 4.69) is 24.5 Å². The van der Waals surface area contributed by atoms with Crippen LogP contribution in [0.3, 0.4) is 0 Å². The smallest absolute Gasteiger partial charge is 0.146 e. The van der Waals surface area contributed by atoms with Gasteiger partial charge in [-0.2, -0.15) is 4.36 Å². The molecule has 1 aromatic heterocycles. The van der Waals surface area contributed by atoms with Crippen molar-refractivity contribution in [3.8, 4) is 5.75 Å². The third kappa shape index (κ3) is 5.76. The molecule has 3 aromatic rings. The summed E-state index contributed by atoms with van der Waals surface area (Å²) in [6.07, 6.45) is 5.32. The number of aliphatic hydroxyl groups excluding tert-OH is 1. The summed E-state index contributed by atoms with van der Waals surface area (Å²) in [5, 5.41) is 13.2. The number of likely N-dealkylation sites (tertiary alicyclic amines) is 1. The predicted molar refractivity (Wildman–Crippen MR) is 129 cm³/mol. The normalized spacial score (nSPS) is 16.8. The number of benzene rings is 2. The highest BCUT2D eigenvalue weighted by atomic mass is 32.2. The second kappa shape index (κ2) is 9.58. The molecular formula is C23H28FN5O3S. The van der Waals surface area contributed by atoms with Gasteiger partial charge in [-0.3, -0.25) is 4.90 Å². The summed E-state index contributed by atoms with van der Waals surface area (Å²) < 4.78 is 36.6. The maximum atomic E-state index is 14.0. The summed E-state index contributed by atoms with van der Waals surface area (Å²) in [5.74, 6) is 0.569. The number of nitrogens with zero attached hydrogens (tertiary/aromatic N) is 4. The average molecular weight is 474 g/mol. The molecule has 10 heteroatoms. The van der Waals surface area contributed by atoms with Gasteiger partial charge in [0.1, 0.15) is 29.8 Å². The Hall–Kier alpha value is -2.82. The van der Waals surface area contributed by atoms with E-state index in [0.29, 0.717) is 41.5 Å². The fraction of sp³-hybridized carbons (Fsp3) is 0.391. The lowest BCUT2D eigenvalue weighted by Crippen LogP contribution is -2.27. The van der Waals surface area contributed by atoms with Gasteiger partial charge in [-0.15, -0.1) is 0 Å². The number of ether oxygens (including phenoxy) is 1. The molecule has 0 saturated carbocycles. The lowest BCUT2D eigenvalue weighted by atomic mass is 10.1. The fourth-order valence-corrected chi connectivity index (χ4v) is 4.63. The molecule has 0 amide bonds. The lowest BCUT2D eigenvalue weighted by Gasteiger charge is -2.19. The molecule has 1 aliphatic heterocycles. The molecule has 0 aliphatic carbocycles. The van der Waals surface area contributed by atoms with Crippen LogP contribution in [0.1, 0.15) is 12.0 Å². The van der Waals surface area contributed by atoms with E-state index in [1.807, 2.05) is 13.0 Å². The van der Waals surface area contributed by atoms with E-state index in [-0.39, 0.29) is 12.7 Å². The molecule has 2 heterocycles. The van der Waals surface area contributed by atoms with Gasteiger partial charge in [-0.25, -0.2) is 18.6 Å². The lowest BCUT2D eigenvalue weighted by molar-refractivity contribution is 0.181. The minimum Gasteiger partial charge on any atom is -0.487 e. The van der Waals surface area contributed by atoms with Crippen molar-refractivity contribution in [2.75, 3.05) is 44.1 Å². The maximum absolute atomic E-state index is 14.0. The Bertz CT molecular complexity index is 1280. The molecule has 2 N–H and O–H groups in total. The molecule has 0 bridgehead atoms. The first-order valence-corrected chi connectivity index (χ1v) is 13.0. The number of β-amino-alcohol motifs (C(OH)–C–C–N with tert-alkyl or cyclic N) is 1. The van der Waals surface area contributed by atoms with Gasteiger partial charge in [-0.05, 0) is 43.2 Å². The van der Waals surface area contributed by atoms with E-state index in [0.717, 1.165) is 23.9 Å². The van der Waals surface area contributed by atoms with Crippen molar-refractivity contribution in [3.63, 3.8) is 0 Å². The number of halogens is 1. The Balaban J connectivity index is 1.65. The molecule has 1 aliphatic rings. The summed E-state index contributed by atoms with van der Waals surface area (Å²) in [4.78, 5) is 10.9. The van der Waals surface area contributed by atoms with Gasteiger partial charge in [0.2, 0.25) is 0 Å². The number of hydrogen-bond donors (Lipinski definition) is 2. The third-order valence-electron chi connectivity index (χ3n) is 5.38. The summed E-state index contributed by atoms with van der Waals surface area (Å²) in [6.45, 7) is 4.12. The zero-order valence-electron chi connectivity index (χ0n) is 18.9. The topological polar surface area (TPSA) is 99.9 Å². The van der Waals surface area contributed by atoms with E-state index in [1.165, 1.54) is 18.5 Å². The van der Waals surface area contributed by atoms with Crippen LogP contribution in [0.2, 0.25) is 0 Å². The Morgan fingerprint density at radius 3 is 2.88 bits per heavy atom. The molecular weight excluding hydrogens is 445 g/mol. The van der Waals surface area contributed by atoms with Crippen molar-refractivity contribution < 1.29 is 18.4 Å². The van der Waals surface area contributed by atoms with Crippen LogP contribution in [0.5, 0.6) is 5.75 Å². The maximum Gasteiger partial charge on any atom is 0.146 e. The second-order valence-electron chi connectivity index (χ2n) is 8.47. The monoisotopic (exact) mass is 473 g/mol. The van der Waals surface area contributed by atoms with Crippen LogP contribution in [-0.2, 0) is 9.73 Å². The van der Waals surface area contributed by atoms with Crippen LogP contribution in [0.25, 0.3) is 10.9 Å². The van der Waals surface area contributed by atoms with Crippen LogP contribution in [0.4, 0.5) is 21.6 Å². The molecule has 176 valence electrons. The molecule has 33 heavy (non-hydrogen) atoms. The number of aliphatic hydroxyl groups is 1. The number of fused-ring (bicyclic) bond motifs is 1. The van der Waals surface area contributed by atoms with E-state index in [1.54, 1.807) is 24.6 Å². The molecule has 4 rings (SSSR count). The summed E-state index contributed by atoms with van der Waals surface area (Å²) in [6, 6.07) is 7.98. The highest BCUT2D eigenvalue weighted by Gasteiger charge is 2.24. The van der Waals surface area contributed by atoms with Crippen LogP contribution in [0.15, 0.2) is 41.0 Å². The average Bonchev–Trinajstić information content (AvgIpc) is 3.16. The first kappa shape index (κ1) is 23.3.